The first-order chi connectivity index (χ1) is 17.0. The average Bonchev–Trinajstić information content (AvgIpc) is 2.87. The molecule has 6 heteroatoms. The van der Waals surface area contributed by atoms with Gasteiger partial charge in [-0.05, 0) is 83.9 Å². The standard InChI is InChI=1S/C29H26BrNO4/c1-3-33-27-18-22(17-26(30)28(27)34-19-21-7-5-4-6-8-21)29(32)31-23-11-15-25(16-12-23)35-24-13-9-20(2)10-14-24/h4-18H,3,19H2,1-2H3,(H,31,32). The Bertz CT molecular complexity index is 1270. The van der Waals surface area contributed by atoms with Crippen LogP contribution in [-0.4, -0.2) is 12.5 Å². The SMILES string of the molecule is CCOc1cc(C(=O)Nc2ccc(Oc3ccc(C)cc3)cc2)cc(Br)c1OCc1ccccc1. The molecule has 4 aromatic carbocycles. The number of carbonyl (C=O) groups excluding carboxylic acids is 1. The second-order valence-electron chi connectivity index (χ2n) is 7.89. The van der Waals surface area contributed by atoms with E-state index in [4.69, 9.17) is 14.2 Å². The van der Waals surface area contributed by atoms with Crippen LogP contribution >= 0.6 is 15.9 Å². The highest BCUT2D eigenvalue weighted by atomic mass is 79.9. The minimum Gasteiger partial charge on any atom is -0.490 e. The average molecular weight is 532 g/mol. The van der Waals surface area contributed by atoms with Gasteiger partial charge in [-0.2, -0.15) is 0 Å². The van der Waals surface area contributed by atoms with Gasteiger partial charge >= 0.3 is 0 Å². The Kier molecular flexibility index (Phi) is 8.06. The molecule has 0 aromatic heterocycles. The molecule has 1 N–H and O–H groups in total. The van der Waals surface area contributed by atoms with Crippen molar-refractivity contribution in [3.63, 3.8) is 0 Å². The highest BCUT2D eigenvalue weighted by molar-refractivity contribution is 9.10. The largest absolute Gasteiger partial charge is 0.490 e. The van der Waals surface area contributed by atoms with E-state index in [2.05, 4.69) is 21.2 Å². The molecule has 0 bridgehead atoms. The van der Waals surface area contributed by atoms with E-state index in [0.29, 0.717) is 46.2 Å². The number of nitrogens with one attached hydrogen (secondary N) is 1. The molecule has 1 amide bonds. The van der Waals surface area contributed by atoms with Gasteiger partial charge < -0.3 is 19.5 Å². The van der Waals surface area contributed by atoms with Crippen molar-refractivity contribution in [2.45, 2.75) is 20.5 Å². The maximum absolute atomic E-state index is 13.0. The summed E-state index contributed by atoms with van der Waals surface area (Å²) in [6.07, 6.45) is 0. The van der Waals surface area contributed by atoms with Gasteiger partial charge in [0.25, 0.3) is 5.91 Å². The fourth-order valence-electron chi connectivity index (χ4n) is 3.38. The van der Waals surface area contributed by atoms with Gasteiger partial charge in [0.2, 0.25) is 0 Å². The van der Waals surface area contributed by atoms with Gasteiger partial charge in [-0.25, -0.2) is 0 Å². The predicted molar refractivity (Wildman–Crippen MR) is 142 cm³/mol. The van der Waals surface area contributed by atoms with Crippen molar-refractivity contribution in [2.24, 2.45) is 0 Å². The minimum atomic E-state index is -0.256. The van der Waals surface area contributed by atoms with Gasteiger partial charge in [-0.1, -0.05) is 48.0 Å². The van der Waals surface area contributed by atoms with E-state index in [-0.39, 0.29) is 5.91 Å². The van der Waals surface area contributed by atoms with Crippen LogP contribution in [0.15, 0.2) is 95.5 Å². The summed E-state index contributed by atoms with van der Waals surface area (Å²) in [6.45, 7) is 4.76. The molecule has 178 valence electrons. The molecular formula is C29H26BrNO4. The summed E-state index contributed by atoms with van der Waals surface area (Å²) < 4.78 is 18.3. The number of ether oxygens (including phenoxy) is 3. The molecule has 0 aliphatic carbocycles. The smallest absolute Gasteiger partial charge is 0.255 e. The highest BCUT2D eigenvalue weighted by Crippen LogP contribution is 2.38. The van der Waals surface area contributed by atoms with Gasteiger partial charge in [-0.3, -0.25) is 4.79 Å². The normalized spacial score (nSPS) is 10.5. The van der Waals surface area contributed by atoms with Crippen molar-refractivity contribution >= 4 is 27.5 Å². The van der Waals surface area contributed by atoms with E-state index >= 15 is 0 Å². The molecule has 0 fully saturated rings. The molecule has 0 unspecified atom stereocenters. The van der Waals surface area contributed by atoms with Crippen LogP contribution in [0, 0.1) is 6.92 Å². The van der Waals surface area contributed by atoms with Crippen LogP contribution in [0.5, 0.6) is 23.0 Å². The minimum absolute atomic E-state index is 0.256. The number of rotatable bonds is 9. The van der Waals surface area contributed by atoms with Crippen molar-refractivity contribution < 1.29 is 19.0 Å². The summed E-state index contributed by atoms with van der Waals surface area (Å²) in [6, 6.07) is 28.4. The second kappa shape index (κ2) is 11.6. The molecule has 0 heterocycles. The molecule has 0 spiro atoms. The molecule has 0 atom stereocenters. The Labute approximate surface area is 213 Å². The highest BCUT2D eigenvalue weighted by Gasteiger charge is 2.17. The predicted octanol–water partition coefficient (Wildman–Crippen LogP) is 7.78. The van der Waals surface area contributed by atoms with E-state index in [0.717, 1.165) is 11.3 Å². The number of benzene rings is 4. The summed E-state index contributed by atoms with van der Waals surface area (Å²) in [4.78, 5) is 13.0. The summed E-state index contributed by atoms with van der Waals surface area (Å²) in [5.41, 5.74) is 3.32. The Morgan fingerprint density at radius 3 is 2.17 bits per heavy atom. The zero-order chi connectivity index (χ0) is 24.6. The third-order valence-corrected chi connectivity index (χ3v) is 5.76. The van der Waals surface area contributed by atoms with E-state index in [1.165, 1.54) is 5.56 Å². The van der Waals surface area contributed by atoms with E-state index in [9.17, 15) is 4.79 Å². The molecule has 0 saturated carbocycles. The Morgan fingerprint density at radius 2 is 1.51 bits per heavy atom. The Hall–Kier alpha value is -3.77. The number of anilines is 1. The van der Waals surface area contributed by atoms with E-state index in [1.807, 2.05) is 80.6 Å². The monoisotopic (exact) mass is 531 g/mol. The van der Waals surface area contributed by atoms with Crippen LogP contribution in [0.2, 0.25) is 0 Å². The molecule has 0 saturated heterocycles. The maximum Gasteiger partial charge on any atom is 0.255 e. The van der Waals surface area contributed by atoms with Crippen LogP contribution in [-0.2, 0) is 6.61 Å². The van der Waals surface area contributed by atoms with Gasteiger partial charge in [0, 0.05) is 11.3 Å². The first-order valence-electron chi connectivity index (χ1n) is 11.3. The second-order valence-corrected chi connectivity index (χ2v) is 8.74. The van der Waals surface area contributed by atoms with Crippen molar-refractivity contribution in [1.29, 1.82) is 0 Å². The zero-order valence-electron chi connectivity index (χ0n) is 19.6. The fraction of sp³-hybridized carbons (Fsp3) is 0.138. The first-order valence-corrected chi connectivity index (χ1v) is 12.1. The van der Waals surface area contributed by atoms with Crippen LogP contribution in [0.3, 0.4) is 0 Å². The summed E-state index contributed by atoms with van der Waals surface area (Å²) in [7, 11) is 0. The number of hydrogen-bond donors (Lipinski definition) is 1. The molecule has 4 rings (SSSR count). The molecule has 0 radical (unpaired) electrons. The van der Waals surface area contributed by atoms with Crippen LogP contribution in [0.4, 0.5) is 5.69 Å². The quantitative estimate of drug-likeness (QED) is 0.239. The van der Waals surface area contributed by atoms with Crippen molar-refractivity contribution in [1.82, 2.24) is 0 Å². The number of aryl methyl sites for hydroxylation is 1. The molecular weight excluding hydrogens is 506 g/mol. The van der Waals surface area contributed by atoms with E-state index in [1.54, 1.807) is 24.3 Å². The summed E-state index contributed by atoms with van der Waals surface area (Å²) in [5.74, 6) is 2.26. The van der Waals surface area contributed by atoms with Crippen molar-refractivity contribution in [3.8, 4) is 23.0 Å². The molecule has 0 aliphatic rings. The van der Waals surface area contributed by atoms with Gasteiger partial charge in [0.1, 0.15) is 18.1 Å². The van der Waals surface area contributed by atoms with E-state index < -0.39 is 0 Å². The Morgan fingerprint density at radius 1 is 0.857 bits per heavy atom. The third kappa shape index (κ3) is 6.64. The lowest BCUT2D eigenvalue weighted by molar-refractivity contribution is 0.102. The fourth-order valence-corrected chi connectivity index (χ4v) is 3.94. The number of halogens is 1. The summed E-state index contributed by atoms with van der Waals surface area (Å²) >= 11 is 3.54. The molecule has 4 aromatic rings. The topological polar surface area (TPSA) is 56.8 Å². The first kappa shape index (κ1) is 24.4. The zero-order valence-corrected chi connectivity index (χ0v) is 21.2. The van der Waals surface area contributed by atoms with Gasteiger partial charge in [-0.15, -0.1) is 0 Å². The molecule has 35 heavy (non-hydrogen) atoms. The third-order valence-electron chi connectivity index (χ3n) is 5.17. The van der Waals surface area contributed by atoms with Crippen LogP contribution in [0.1, 0.15) is 28.4 Å². The lowest BCUT2D eigenvalue weighted by Crippen LogP contribution is -2.12. The van der Waals surface area contributed by atoms with Gasteiger partial charge in [0.15, 0.2) is 11.5 Å². The van der Waals surface area contributed by atoms with Crippen LogP contribution < -0.4 is 19.5 Å². The van der Waals surface area contributed by atoms with Crippen molar-refractivity contribution in [2.75, 3.05) is 11.9 Å². The van der Waals surface area contributed by atoms with Crippen LogP contribution in [0.25, 0.3) is 0 Å². The maximum atomic E-state index is 13.0. The molecule has 5 nitrogen and oxygen atoms in total. The number of carbonyl (C=O) groups is 1. The summed E-state index contributed by atoms with van der Waals surface area (Å²) in [5, 5.41) is 2.92. The van der Waals surface area contributed by atoms with Crippen molar-refractivity contribution in [3.05, 3.63) is 112 Å². The number of amides is 1. The lowest BCUT2D eigenvalue weighted by Gasteiger charge is -2.16. The lowest BCUT2D eigenvalue weighted by atomic mass is 10.1. The number of hydrogen-bond acceptors (Lipinski definition) is 4. The Balaban J connectivity index is 1.45. The van der Waals surface area contributed by atoms with Gasteiger partial charge in [0.05, 0.1) is 11.1 Å². The molecule has 0 aliphatic heterocycles.